The van der Waals surface area contributed by atoms with Gasteiger partial charge in [0.05, 0.1) is 89.9 Å². The Morgan fingerprint density at radius 1 is 0.575 bits per heavy atom. The molecule has 0 amide bonds. The lowest BCUT2D eigenvalue weighted by molar-refractivity contribution is -0.263. The molecule has 0 saturated carbocycles. The minimum absolute atomic E-state index is 0.00514. The van der Waals surface area contributed by atoms with Crippen LogP contribution in [0.25, 0.3) is 0 Å². The lowest BCUT2D eigenvalue weighted by Crippen LogP contribution is -2.62. The number of aliphatic hydroxyl groups is 1. The van der Waals surface area contributed by atoms with Gasteiger partial charge in [-0.1, -0.05) is 91.1 Å². The van der Waals surface area contributed by atoms with Crippen LogP contribution in [0.1, 0.15) is 80.2 Å². The molecule has 19 nitrogen and oxygen atoms in total. The molecule has 0 aliphatic carbocycles. The van der Waals surface area contributed by atoms with Crippen molar-refractivity contribution in [3.63, 3.8) is 0 Å². The molecule has 9 atom stereocenters. The van der Waals surface area contributed by atoms with Gasteiger partial charge in [-0.25, -0.2) is 0 Å². The van der Waals surface area contributed by atoms with Gasteiger partial charge >= 0.3 is 23.9 Å². The topological polar surface area (TPSA) is 215 Å². The van der Waals surface area contributed by atoms with E-state index in [0.29, 0.717) is 97.2 Å². The fourth-order valence-electron chi connectivity index (χ4n) is 8.81. The van der Waals surface area contributed by atoms with Crippen molar-refractivity contribution in [3.8, 4) is 0 Å². The predicted octanol–water partition coefficient (Wildman–Crippen LogP) is 4.45. The molecule has 3 saturated heterocycles. The molecule has 400 valence electrons. The molecule has 0 radical (unpaired) electrons. The number of hydrogen-bond donors (Lipinski definition) is 2. The quantitative estimate of drug-likeness (QED) is 0.122. The van der Waals surface area contributed by atoms with E-state index >= 15 is 0 Å². The molecule has 20 heteroatoms. The van der Waals surface area contributed by atoms with Gasteiger partial charge in [-0.05, 0) is 22.3 Å². The first-order valence-electron chi connectivity index (χ1n) is 24.7. The highest BCUT2D eigenvalue weighted by Gasteiger charge is 2.52. The second-order valence-electron chi connectivity index (χ2n) is 17.7. The maximum Gasteiger partial charge on any atom is 0.303 e. The molecular weight excluding hydrogens is 969 g/mol. The maximum absolute atomic E-state index is 12.4. The van der Waals surface area contributed by atoms with Crippen molar-refractivity contribution in [2.75, 3.05) is 92.3 Å². The number of rotatable bonds is 15. The number of nitrogens with zero attached hydrogens (tertiary/aromatic N) is 1. The van der Waals surface area contributed by atoms with Crippen LogP contribution in [-0.2, 0) is 89.2 Å². The summed E-state index contributed by atoms with van der Waals surface area (Å²) in [4.78, 5) is 51.3. The number of nitrogens with one attached hydrogen (secondary N) is 1. The number of esters is 4. The standard InChI is InChI=1S/C53H70N2O17S/c1-35(57)66-34-46-51(68-37(3)59)52(69-38(4)60)50(67-36(2)58)44(70-46)30-47(73)54-31-39-10-16-43(17-11-39)53-71-45(32-55-18-20-61-22-24-63-26-28-65-29-27-64-25-23-62-21-19-55)48(41-8-6-5-7-9-41)49(72-53)42-14-12-40(33-56)13-15-42/h5-17,44-46,48-53,56H,18-34H2,1-4H3,(H,54,73). The summed E-state index contributed by atoms with van der Waals surface area (Å²) in [6.45, 7) is 11.0. The molecule has 3 fully saturated rings. The number of carbonyl (C=O) groups excluding carboxylic acids is 4. The third-order valence-corrected chi connectivity index (χ3v) is 12.5. The summed E-state index contributed by atoms with van der Waals surface area (Å²) in [5.41, 5.74) is 4.43. The molecule has 0 aromatic heterocycles. The number of benzene rings is 3. The number of ether oxygens (including phenoxy) is 12. The Balaban J connectivity index is 1.20. The van der Waals surface area contributed by atoms with Gasteiger partial charge in [-0.15, -0.1) is 0 Å². The lowest BCUT2D eigenvalue weighted by Gasteiger charge is -2.44. The van der Waals surface area contributed by atoms with E-state index in [2.05, 4.69) is 22.3 Å². The van der Waals surface area contributed by atoms with Crippen LogP contribution in [0.5, 0.6) is 0 Å². The van der Waals surface area contributed by atoms with E-state index in [4.69, 9.17) is 69.1 Å². The molecule has 3 aliphatic heterocycles. The molecule has 0 spiro atoms. The average Bonchev–Trinajstić information content (AvgIpc) is 3.37. The van der Waals surface area contributed by atoms with Crippen molar-refractivity contribution in [2.45, 2.75) is 102 Å². The van der Waals surface area contributed by atoms with Gasteiger partial charge in [0.1, 0.15) is 18.8 Å². The molecule has 73 heavy (non-hydrogen) atoms. The van der Waals surface area contributed by atoms with E-state index in [1.54, 1.807) is 0 Å². The maximum atomic E-state index is 12.4. The molecule has 6 rings (SSSR count). The van der Waals surface area contributed by atoms with Crippen molar-refractivity contribution in [3.05, 3.63) is 107 Å². The minimum Gasteiger partial charge on any atom is -0.463 e. The molecule has 3 aliphatic rings. The Kier molecular flexibility index (Phi) is 23.9. The third-order valence-electron chi connectivity index (χ3n) is 12.2. The van der Waals surface area contributed by atoms with Gasteiger partial charge in [0.25, 0.3) is 0 Å². The smallest absolute Gasteiger partial charge is 0.303 e. The van der Waals surface area contributed by atoms with Gasteiger partial charge in [0.15, 0.2) is 24.6 Å². The molecule has 9 unspecified atom stereocenters. The van der Waals surface area contributed by atoms with Crippen molar-refractivity contribution >= 4 is 41.1 Å². The first kappa shape index (κ1) is 57.3. The van der Waals surface area contributed by atoms with E-state index in [1.807, 2.05) is 66.7 Å². The highest BCUT2D eigenvalue weighted by Crippen LogP contribution is 2.47. The Hall–Kier alpha value is -4.97. The number of carbonyl (C=O) groups is 4. The normalized spacial score (nSPS) is 26.2. The summed E-state index contributed by atoms with van der Waals surface area (Å²) in [5, 5.41) is 13.2. The fourth-order valence-corrected chi connectivity index (χ4v) is 9.05. The van der Waals surface area contributed by atoms with E-state index in [9.17, 15) is 24.3 Å². The van der Waals surface area contributed by atoms with Crippen LogP contribution in [-0.4, -0.2) is 168 Å². The largest absolute Gasteiger partial charge is 0.463 e. The van der Waals surface area contributed by atoms with E-state index in [-0.39, 0.29) is 31.7 Å². The van der Waals surface area contributed by atoms with Crippen LogP contribution in [0.3, 0.4) is 0 Å². The molecule has 3 heterocycles. The third kappa shape index (κ3) is 18.7. The zero-order valence-electron chi connectivity index (χ0n) is 42.1. The van der Waals surface area contributed by atoms with E-state index in [1.165, 1.54) is 27.7 Å². The van der Waals surface area contributed by atoms with Gasteiger partial charge in [-0.3, -0.25) is 24.1 Å². The highest BCUT2D eigenvalue weighted by molar-refractivity contribution is 7.80. The number of hydrogen-bond acceptors (Lipinski definition) is 19. The Labute approximate surface area is 432 Å². The van der Waals surface area contributed by atoms with Crippen molar-refractivity contribution in [1.82, 2.24) is 10.2 Å². The number of aliphatic hydroxyl groups excluding tert-OH is 1. The Morgan fingerprint density at radius 2 is 1.08 bits per heavy atom. The molecule has 2 N–H and O–H groups in total. The van der Waals surface area contributed by atoms with Gasteiger partial charge in [-0.2, -0.15) is 0 Å². The van der Waals surface area contributed by atoms with Crippen LogP contribution < -0.4 is 5.32 Å². The van der Waals surface area contributed by atoms with Crippen LogP contribution in [0.2, 0.25) is 0 Å². The molecular formula is C53H70N2O17S. The zero-order valence-corrected chi connectivity index (χ0v) is 42.9. The molecule has 3 aromatic carbocycles. The summed E-state index contributed by atoms with van der Waals surface area (Å²) in [7, 11) is 0. The average molecular weight is 1040 g/mol. The summed E-state index contributed by atoms with van der Waals surface area (Å²) in [5.74, 6) is -2.98. The van der Waals surface area contributed by atoms with Crippen molar-refractivity contribution in [2.24, 2.45) is 0 Å². The highest BCUT2D eigenvalue weighted by atomic mass is 32.1. The van der Waals surface area contributed by atoms with Gasteiger partial charge < -0.3 is 67.3 Å². The van der Waals surface area contributed by atoms with Crippen LogP contribution in [0.15, 0.2) is 78.9 Å². The predicted molar refractivity (Wildman–Crippen MR) is 266 cm³/mol. The van der Waals surface area contributed by atoms with Crippen molar-refractivity contribution in [1.29, 1.82) is 0 Å². The lowest BCUT2D eigenvalue weighted by atomic mass is 9.83. The second-order valence-corrected chi connectivity index (χ2v) is 18.2. The summed E-state index contributed by atoms with van der Waals surface area (Å²) in [6, 6.07) is 25.8. The molecule has 0 bridgehead atoms. The summed E-state index contributed by atoms with van der Waals surface area (Å²) in [6.07, 6.45) is -7.48. The zero-order chi connectivity index (χ0) is 52.0. The monoisotopic (exact) mass is 1040 g/mol. The van der Waals surface area contributed by atoms with Gasteiger partial charge in [0, 0.05) is 71.8 Å². The summed E-state index contributed by atoms with van der Waals surface area (Å²) >= 11 is 5.78. The minimum atomic E-state index is -1.30. The van der Waals surface area contributed by atoms with Crippen LogP contribution in [0, 0.1) is 0 Å². The van der Waals surface area contributed by atoms with E-state index in [0.717, 1.165) is 27.8 Å². The second kappa shape index (κ2) is 30.4. The van der Waals surface area contributed by atoms with Crippen LogP contribution in [0.4, 0.5) is 0 Å². The Bertz CT molecular complexity index is 2150. The Morgan fingerprint density at radius 3 is 1.62 bits per heavy atom. The van der Waals surface area contributed by atoms with Crippen LogP contribution >= 0.6 is 12.2 Å². The van der Waals surface area contributed by atoms with Gasteiger partial charge in [0.2, 0.25) is 0 Å². The SMILES string of the molecule is CC(=O)OCC1OC(CC(=S)NCc2ccc(C3OC(CN4CCOCCOCCOCCOCCOCC4)C(c4ccccc4)C(c4ccc(CO)cc4)O3)cc2)C(OC(C)=O)C(OC(C)=O)C1OC(C)=O. The summed E-state index contributed by atoms with van der Waals surface area (Å²) < 4.78 is 71.2. The fraction of sp³-hybridized carbons (Fsp3) is 0.566. The number of thiocarbonyl (C=S) groups is 1. The first-order chi connectivity index (χ1) is 35.4. The molecule has 3 aromatic rings. The first-order valence-corrected chi connectivity index (χ1v) is 25.1. The van der Waals surface area contributed by atoms with Crippen molar-refractivity contribution < 1.29 is 81.1 Å². The van der Waals surface area contributed by atoms with E-state index < -0.39 is 66.8 Å².